The Bertz CT molecular complexity index is 1270. The van der Waals surface area contributed by atoms with Crippen molar-refractivity contribution in [1.82, 2.24) is 9.55 Å². The molecule has 0 saturated heterocycles. The Balaban J connectivity index is 1.78. The topological polar surface area (TPSA) is 132 Å². The summed E-state index contributed by atoms with van der Waals surface area (Å²) in [6.07, 6.45) is 1.26. The monoisotopic (exact) mass is 455 g/mol. The summed E-state index contributed by atoms with van der Waals surface area (Å²) in [5.41, 5.74) is 0.689. The Labute approximate surface area is 187 Å². The number of aliphatic hydroxyl groups is 1. The number of carbonyl (C=O) groups is 2. The van der Waals surface area contributed by atoms with E-state index in [0.717, 1.165) is 20.8 Å². The van der Waals surface area contributed by atoms with Crippen LogP contribution in [-0.2, 0) is 20.9 Å². The summed E-state index contributed by atoms with van der Waals surface area (Å²) in [6, 6.07) is 9.21. The van der Waals surface area contributed by atoms with Gasteiger partial charge in [-0.1, -0.05) is 0 Å². The summed E-state index contributed by atoms with van der Waals surface area (Å²) in [5, 5.41) is 17.5. The van der Waals surface area contributed by atoms with E-state index in [1.54, 1.807) is 13.2 Å². The standard InChI is InChI=1S/C22H21N3O6S/c1-12(23)20(13(2)26)17(27)10-31-19(28)9-25-11-24-16-8-18(32-21(16)22(25)29)14-4-6-15(30-3)7-5-14/h4-8,11,23,27H,9-10H2,1-3H3/b20-17-,23-12?. The number of hydrogen-bond acceptors (Lipinski definition) is 9. The molecular formula is C22H21N3O6S. The molecule has 0 unspecified atom stereocenters. The number of fused-ring (bicyclic) bond motifs is 1. The maximum Gasteiger partial charge on any atom is 0.326 e. The van der Waals surface area contributed by atoms with E-state index in [4.69, 9.17) is 14.9 Å². The zero-order valence-corrected chi connectivity index (χ0v) is 18.5. The third-order valence-corrected chi connectivity index (χ3v) is 5.72. The first-order valence-corrected chi connectivity index (χ1v) is 10.3. The quantitative estimate of drug-likeness (QED) is 0.231. The molecule has 0 spiro atoms. The van der Waals surface area contributed by atoms with Crippen molar-refractivity contribution in [1.29, 1.82) is 5.41 Å². The molecule has 10 heteroatoms. The van der Waals surface area contributed by atoms with Crippen LogP contribution in [0, 0.1) is 5.41 Å². The number of esters is 1. The molecule has 2 N–H and O–H groups in total. The normalized spacial score (nSPS) is 11.7. The van der Waals surface area contributed by atoms with Crippen LogP contribution < -0.4 is 10.3 Å². The fraction of sp³-hybridized carbons (Fsp3) is 0.227. The number of ketones is 1. The molecule has 3 rings (SSSR count). The first kappa shape index (κ1) is 22.9. The molecule has 0 saturated carbocycles. The van der Waals surface area contributed by atoms with Crippen LogP contribution in [-0.4, -0.2) is 45.8 Å². The van der Waals surface area contributed by atoms with E-state index in [2.05, 4.69) is 4.98 Å². The van der Waals surface area contributed by atoms with Gasteiger partial charge in [-0.3, -0.25) is 19.0 Å². The van der Waals surface area contributed by atoms with Gasteiger partial charge in [-0.25, -0.2) is 4.98 Å². The Kier molecular flexibility index (Phi) is 6.84. The van der Waals surface area contributed by atoms with E-state index >= 15 is 0 Å². The van der Waals surface area contributed by atoms with Crippen molar-refractivity contribution in [2.75, 3.05) is 13.7 Å². The summed E-state index contributed by atoms with van der Waals surface area (Å²) < 4.78 is 11.6. The van der Waals surface area contributed by atoms with Gasteiger partial charge in [-0.2, -0.15) is 0 Å². The van der Waals surface area contributed by atoms with Crippen LogP contribution in [0.3, 0.4) is 0 Å². The SMILES string of the molecule is COc1ccc(-c2cc3ncn(CC(=O)OC/C(O)=C(\C(C)=N)C(C)=O)c(=O)c3s2)cc1. The van der Waals surface area contributed by atoms with Gasteiger partial charge in [0.15, 0.2) is 5.78 Å². The third kappa shape index (κ3) is 4.92. The number of carbonyl (C=O) groups excluding carboxylic acids is 2. The van der Waals surface area contributed by atoms with Crippen molar-refractivity contribution in [3.8, 4) is 16.2 Å². The number of aromatic nitrogens is 2. The highest BCUT2D eigenvalue weighted by Gasteiger charge is 2.17. The second-order valence-corrected chi connectivity index (χ2v) is 7.95. The highest BCUT2D eigenvalue weighted by molar-refractivity contribution is 7.22. The number of aliphatic hydroxyl groups excluding tert-OH is 1. The Hall–Kier alpha value is -3.79. The van der Waals surface area contributed by atoms with Crippen molar-refractivity contribution in [2.24, 2.45) is 0 Å². The number of allylic oxidation sites excluding steroid dienone is 1. The van der Waals surface area contributed by atoms with E-state index in [9.17, 15) is 19.5 Å². The molecule has 0 bridgehead atoms. The number of methoxy groups -OCH3 is 1. The first-order chi connectivity index (χ1) is 15.2. The zero-order chi connectivity index (χ0) is 23.4. The van der Waals surface area contributed by atoms with Crippen LogP contribution in [0.1, 0.15) is 13.8 Å². The zero-order valence-electron chi connectivity index (χ0n) is 17.7. The van der Waals surface area contributed by atoms with E-state index in [1.807, 2.05) is 24.3 Å². The molecule has 1 aromatic carbocycles. The second kappa shape index (κ2) is 9.56. The fourth-order valence-corrected chi connectivity index (χ4v) is 4.11. The molecule has 166 valence electrons. The lowest BCUT2D eigenvalue weighted by Crippen LogP contribution is -2.25. The molecular weight excluding hydrogens is 434 g/mol. The third-order valence-electron chi connectivity index (χ3n) is 4.56. The van der Waals surface area contributed by atoms with Crippen molar-refractivity contribution < 1.29 is 24.2 Å². The molecule has 0 amide bonds. The van der Waals surface area contributed by atoms with Crippen molar-refractivity contribution >= 4 is 39.0 Å². The van der Waals surface area contributed by atoms with Crippen LogP contribution in [0.5, 0.6) is 5.75 Å². The number of nitrogens with one attached hydrogen (secondary N) is 1. The molecule has 0 aliphatic carbocycles. The highest BCUT2D eigenvalue weighted by atomic mass is 32.1. The number of ether oxygens (including phenoxy) is 2. The first-order valence-electron chi connectivity index (χ1n) is 9.49. The van der Waals surface area contributed by atoms with Crippen molar-refractivity contribution in [2.45, 2.75) is 20.4 Å². The number of rotatable bonds is 8. The van der Waals surface area contributed by atoms with Gasteiger partial charge >= 0.3 is 5.97 Å². The Morgan fingerprint density at radius 3 is 2.50 bits per heavy atom. The number of nitrogens with zero attached hydrogens (tertiary/aromatic N) is 2. The van der Waals surface area contributed by atoms with Crippen LogP contribution in [0.2, 0.25) is 0 Å². The molecule has 9 nitrogen and oxygen atoms in total. The van der Waals surface area contributed by atoms with Gasteiger partial charge in [0, 0.05) is 10.6 Å². The lowest BCUT2D eigenvalue weighted by Gasteiger charge is -2.09. The minimum absolute atomic E-state index is 0.137. The summed E-state index contributed by atoms with van der Waals surface area (Å²) in [7, 11) is 1.58. The maximum absolute atomic E-state index is 12.8. The molecule has 0 radical (unpaired) electrons. The second-order valence-electron chi connectivity index (χ2n) is 6.89. The Morgan fingerprint density at radius 1 is 1.22 bits per heavy atom. The van der Waals surface area contributed by atoms with Crippen LogP contribution in [0.25, 0.3) is 20.7 Å². The molecule has 2 heterocycles. The number of thiophene rings is 1. The molecule has 0 aliphatic rings. The van der Waals surface area contributed by atoms with Gasteiger partial charge in [0.2, 0.25) is 0 Å². The largest absolute Gasteiger partial charge is 0.508 e. The van der Waals surface area contributed by atoms with Crippen LogP contribution in [0.4, 0.5) is 0 Å². The summed E-state index contributed by atoms with van der Waals surface area (Å²) in [6.45, 7) is 1.56. The van der Waals surface area contributed by atoms with Gasteiger partial charge in [0.25, 0.3) is 5.56 Å². The number of benzene rings is 1. The van der Waals surface area contributed by atoms with Gasteiger partial charge in [0.1, 0.15) is 29.4 Å². The minimum atomic E-state index is -0.794. The minimum Gasteiger partial charge on any atom is -0.508 e. The maximum atomic E-state index is 12.8. The van der Waals surface area contributed by atoms with Gasteiger partial charge < -0.3 is 20.0 Å². The average molecular weight is 455 g/mol. The molecule has 0 aliphatic heterocycles. The highest BCUT2D eigenvalue weighted by Crippen LogP contribution is 2.31. The van der Waals surface area contributed by atoms with Crippen LogP contribution >= 0.6 is 11.3 Å². The lowest BCUT2D eigenvalue weighted by atomic mass is 10.1. The molecule has 0 fully saturated rings. The van der Waals surface area contributed by atoms with Gasteiger partial charge in [0.05, 0.1) is 24.5 Å². The van der Waals surface area contributed by atoms with E-state index in [-0.39, 0.29) is 11.3 Å². The van der Waals surface area contributed by atoms with Crippen LogP contribution in [0.15, 0.2) is 52.8 Å². The van der Waals surface area contributed by atoms with Gasteiger partial charge in [-0.05, 0) is 49.7 Å². The van der Waals surface area contributed by atoms with E-state index in [0.29, 0.717) is 10.2 Å². The summed E-state index contributed by atoms with van der Waals surface area (Å²) in [4.78, 5) is 41.6. The predicted molar refractivity (Wildman–Crippen MR) is 121 cm³/mol. The molecule has 0 atom stereocenters. The fourth-order valence-electron chi connectivity index (χ4n) is 3.04. The van der Waals surface area contributed by atoms with E-state index < -0.39 is 36.2 Å². The molecule has 32 heavy (non-hydrogen) atoms. The summed E-state index contributed by atoms with van der Waals surface area (Å²) in [5.74, 6) is -1.10. The van der Waals surface area contributed by atoms with Gasteiger partial charge in [-0.15, -0.1) is 11.3 Å². The number of hydrogen-bond donors (Lipinski definition) is 2. The molecule has 2 aromatic heterocycles. The number of Topliss-reactive ketones (excluding diaryl/α,β-unsaturated/α-hetero) is 1. The Morgan fingerprint density at radius 2 is 1.91 bits per heavy atom. The van der Waals surface area contributed by atoms with Crippen molar-refractivity contribution in [3.63, 3.8) is 0 Å². The lowest BCUT2D eigenvalue weighted by molar-refractivity contribution is -0.144. The van der Waals surface area contributed by atoms with Crippen molar-refractivity contribution in [3.05, 3.63) is 58.3 Å². The summed E-state index contributed by atoms with van der Waals surface area (Å²) >= 11 is 1.26. The van der Waals surface area contributed by atoms with E-state index in [1.165, 1.54) is 31.5 Å². The molecule has 3 aromatic rings. The smallest absolute Gasteiger partial charge is 0.326 e. The average Bonchev–Trinajstić information content (AvgIpc) is 3.19. The predicted octanol–water partition coefficient (Wildman–Crippen LogP) is 3.12.